The van der Waals surface area contributed by atoms with E-state index < -0.39 is 5.82 Å². The fourth-order valence-corrected chi connectivity index (χ4v) is 3.14. The Bertz CT molecular complexity index is 729. The maximum Gasteiger partial charge on any atom is 0.227 e. The molecule has 2 aromatic rings. The van der Waals surface area contributed by atoms with Crippen molar-refractivity contribution in [1.29, 1.82) is 0 Å². The van der Waals surface area contributed by atoms with Gasteiger partial charge in [0.05, 0.1) is 25.8 Å². The van der Waals surface area contributed by atoms with Crippen LogP contribution in [-0.4, -0.2) is 40.8 Å². The van der Waals surface area contributed by atoms with Gasteiger partial charge in [-0.05, 0) is 43.0 Å². The van der Waals surface area contributed by atoms with Gasteiger partial charge in [-0.25, -0.2) is 4.39 Å². The van der Waals surface area contributed by atoms with E-state index in [9.17, 15) is 9.18 Å². The second-order valence-electron chi connectivity index (χ2n) is 6.28. The zero-order chi connectivity index (χ0) is 17.1. The van der Waals surface area contributed by atoms with E-state index in [1.807, 2.05) is 28.9 Å². The van der Waals surface area contributed by atoms with Crippen LogP contribution < -0.4 is 4.74 Å². The third-order valence-electron chi connectivity index (χ3n) is 4.43. The van der Waals surface area contributed by atoms with Gasteiger partial charge in [-0.2, -0.15) is 5.10 Å². The fourth-order valence-electron chi connectivity index (χ4n) is 3.14. The number of ether oxygens (including phenoxy) is 1. The molecule has 2 heterocycles. The van der Waals surface area contributed by atoms with Crippen LogP contribution in [0.4, 0.5) is 4.39 Å². The third kappa shape index (κ3) is 3.58. The molecular weight excluding hydrogens is 309 g/mol. The van der Waals surface area contributed by atoms with Gasteiger partial charge < -0.3 is 9.64 Å². The summed E-state index contributed by atoms with van der Waals surface area (Å²) in [5, 5.41) is 4.36. The summed E-state index contributed by atoms with van der Waals surface area (Å²) in [5.74, 6) is -0.224. The lowest BCUT2D eigenvalue weighted by Gasteiger charge is -2.33. The van der Waals surface area contributed by atoms with E-state index in [0.29, 0.717) is 12.1 Å². The van der Waals surface area contributed by atoms with E-state index in [1.54, 1.807) is 12.1 Å². The fraction of sp³-hybridized carbons (Fsp3) is 0.444. The molecule has 0 saturated carbocycles. The second kappa shape index (κ2) is 7.03. The molecule has 128 valence electrons. The van der Waals surface area contributed by atoms with Crippen LogP contribution in [0.2, 0.25) is 0 Å². The Morgan fingerprint density at radius 1 is 1.46 bits per heavy atom. The van der Waals surface area contributed by atoms with Crippen LogP contribution in [0.3, 0.4) is 0 Å². The maximum absolute atomic E-state index is 13.8. The molecule has 1 amide bonds. The number of hydrogen-bond acceptors (Lipinski definition) is 3. The quantitative estimate of drug-likeness (QED) is 0.865. The Labute approximate surface area is 141 Å². The highest BCUT2D eigenvalue weighted by Crippen LogP contribution is 2.23. The number of carbonyl (C=O) groups excluding carboxylic acids is 1. The molecule has 1 atom stereocenters. The first-order valence-electron chi connectivity index (χ1n) is 8.18. The first kappa shape index (κ1) is 16.5. The second-order valence-corrected chi connectivity index (χ2v) is 6.28. The van der Waals surface area contributed by atoms with Crippen LogP contribution in [-0.2, 0) is 11.2 Å². The zero-order valence-electron chi connectivity index (χ0n) is 14.0. The molecule has 1 fully saturated rings. The number of rotatable bonds is 4. The van der Waals surface area contributed by atoms with E-state index in [4.69, 9.17) is 4.74 Å². The van der Waals surface area contributed by atoms with E-state index in [-0.39, 0.29) is 24.1 Å². The number of piperidine rings is 1. The van der Waals surface area contributed by atoms with Crippen LogP contribution in [0, 0.1) is 12.7 Å². The van der Waals surface area contributed by atoms with Crippen molar-refractivity contribution in [2.75, 3.05) is 20.2 Å². The van der Waals surface area contributed by atoms with Gasteiger partial charge in [-0.1, -0.05) is 6.07 Å². The lowest BCUT2D eigenvalue weighted by Crippen LogP contribution is -2.41. The van der Waals surface area contributed by atoms with Gasteiger partial charge in [0.25, 0.3) is 0 Å². The molecule has 1 saturated heterocycles. The molecular formula is C18H22FN3O2. The standard InChI is InChI=1S/C18H22FN3O2/c1-13-10-20-22(11-13)15-4-3-7-21(12-15)18(23)9-14-5-6-17(24-2)16(19)8-14/h5-6,8,10-11,15H,3-4,7,9,12H2,1-2H3/t15-/m1/s1. The van der Waals surface area contributed by atoms with Crippen molar-refractivity contribution in [3.63, 3.8) is 0 Å². The molecule has 3 rings (SSSR count). The monoisotopic (exact) mass is 331 g/mol. The molecule has 0 radical (unpaired) electrons. The number of aryl methyl sites for hydroxylation is 1. The van der Waals surface area contributed by atoms with Crippen LogP contribution in [0.15, 0.2) is 30.6 Å². The molecule has 24 heavy (non-hydrogen) atoms. The van der Waals surface area contributed by atoms with Gasteiger partial charge in [0, 0.05) is 19.3 Å². The average molecular weight is 331 g/mol. The number of benzene rings is 1. The minimum absolute atomic E-state index is 0.0214. The Hall–Kier alpha value is -2.37. The smallest absolute Gasteiger partial charge is 0.227 e. The summed E-state index contributed by atoms with van der Waals surface area (Å²) >= 11 is 0. The highest BCUT2D eigenvalue weighted by Gasteiger charge is 2.25. The number of hydrogen-bond donors (Lipinski definition) is 0. The van der Waals surface area contributed by atoms with Crippen molar-refractivity contribution in [1.82, 2.24) is 14.7 Å². The van der Waals surface area contributed by atoms with Crippen LogP contribution in [0.1, 0.15) is 30.0 Å². The summed E-state index contributed by atoms with van der Waals surface area (Å²) in [4.78, 5) is 14.4. The Morgan fingerprint density at radius 3 is 2.96 bits per heavy atom. The number of halogens is 1. The minimum atomic E-state index is -0.439. The molecule has 1 aliphatic rings. The van der Waals surface area contributed by atoms with Crippen molar-refractivity contribution in [2.24, 2.45) is 0 Å². The molecule has 1 aliphatic heterocycles. The van der Waals surface area contributed by atoms with Crippen molar-refractivity contribution in [3.05, 3.63) is 47.5 Å². The average Bonchev–Trinajstić information content (AvgIpc) is 3.02. The SMILES string of the molecule is COc1ccc(CC(=O)N2CCC[C@@H](n3cc(C)cn3)C2)cc1F. The van der Waals surface area contributed by atoms with Crippen molar-refractivity contribution in [3.8, 4) is 5.75 Å². The molecule has 0 unspecified atom stereocenters. The summed E-state index contributed by atoms with van der Waals surface area (Å²) in [5.41, 5.74) is 1.78. The normalized spacial score (nSPS) is 17.8. The Kier molecular flexibility index (Phi) is 4.83. The topological polar surface area (TPSA) is 47.4 Å². The number of carbonyl (C=O) groups is 1. The number of nitrogens with zero attached hydrogens (tertiary/aromatic N) is 3. The predicted octanol–water partition coefficient (Wildman–Crippen LogP) is 2.75. The van der Waals surface area contributed by atoms with Crippen molar-refractivity contribution >= 4 is 5.91 Å². The van der Waals surface area contributed by atoms with E-state index >= 15 is 0 Å². The predicted molar refractivity (Wildman–Crippen MR) is 88.5 cm³/mol. The van der Waals surface area contributed by atoms with Crippen molar-refractivity contribution < 1.29 is 13.9 Å². The van der Waals surface area contributed by atoms with Gasteiger partial charge in [0.15, 0.2) is 11.6 Å². The Morgan fingerprint density at radius 2 is 2.29 bits per heavy atom. The lowest BCUT2D eigenvalue weighted by molar-refractivity contribution is -0.132. The van der Waals surface area contributed by atoms with Gasteiger partial charge in [-0.15, -0.1) is 0 Å². The van der Waals surface area contributed by atoms with E-state index in [2.05, 4.69) is 5.10 Å². The first-order chi connectivity index (χ1) is 11.6. The summed E-state index contributed by atoms with van der Waals surface area (Å²) in [6.45, 7) is 3.40. The molecule has 0 spiro atoms. The van der Waals surface area contributed by atoms with Crippen molar-refractivity contribution in [2.45, 2.75) is 32.2 Å². The highest BCUT2D eigenvalue weighted by molar-refractivity contribution is 5.79. The molecule has 1 aromatic carbocycles. The molecule has 6 heteroatoms. The summed E-state index contributed by atoms with van der Waals surface area (Å²) in [6, 6.07) is 4.88. The highest BCUT2D eigenvalue weighted by atomic mass is 19.1. The Balaban J connectivity index is 1.65. The molecule has 0 N–H and O–H groups in total. The van der Waals surface area contributed by atoms with E-state index in [0.717, 1.165) is 24.9 Å². The minimum Gasteiger partial charge on any atom is -0.494 e. The number of methoxy groups -OCH3 is 1. The number of amides is 1. The molecule has 0 bridgehead atoms. The molecule has 0 aliphatic carbocycles. The van der Waals surface area contributed by atoms with Gasteiger partial charge in [0.2, 0.25) is 5.91 Å². The zero-order valence-corrected chi connectivity index (χ0v) is 14.0. The lowest BCUT2D eigenvalue weighted by atomic mass is 10.0. The third-order valence-corrected chi connectivity index (χ3v) is 4.43. The first-order valence-corrected chi connectivity index (χ1v) is 8.18. The maximum atomic E-state index is 13.8. The molecule has 1 aromatic heterocycles. The summed E-state index contributed by atoms with van der Waals surface area (Å²) < 4.78 is 20.6. The number of aromatic nitrogens is 2. The van der Waals surface area contributed by atoms with Crippen LogP contribution >= 0.6 is 0 Å². The van der Waals surface area contributed by atoms with Crippen LogP contribution in [0.5, 0.6) is 5.75 Å². The van der Waals surface area contributed by atoms with Crippen LogP contribution in [0.25, 0.3) is 0 Å². The van der Waals surface area contributed by atoms with Gasteiger partial charge in [0.1, 0.15) is 0 Å². The largest absolute Gasteiger partial charge is 0.494 e. The number of likely N-dealkylation sites (tertiary alicyclic amines) is 1. The molecule has 5 nitrogen and oxygen atoms in total. The summed E-state index contributed by atoms with van der Waals surface area (Å²) in [6.07, 6.45) is 6.01. The van der Waals surface area contributed by atoms with E-state index in [1.165, 1.54) is 13.2 Å². The summed E-state index contributed by atoms with van der Waals surface area (Å²) in [7, 11) is 1.42. The van der Waals surface area contributed by atoms with Gasteiger partial charge >= 0.3 is 0 Å². The van der Waals surface area contributed by atoms with Gasteiger partial charge in [-0.3, -0.25) is 9.48 Å².